The van der Waals surface area contributed by atoms with E-state index in [0.717, 1.165) is 20.1 Å². The van der Waals surface area contributed by atoms with Crippen molar-refractivity contribution in [3.63, 3.8) is 0 Å². The second kappa shape index (κ2) is 11.0. The van der Waals surface area contributed by atoms with Gasteiger partial charge in [-0.1, -0.05) is 56.1 Å². The fourth-order valence-corrected chi connectivity index (χ4v) is 4.09. The molecule has 162 valence electrons. The highest BCUT2D eigenvalue weighted by atomic mass is 79.9. The number of nitriles is 1. The largest absolute Gasteiger partial charge is 0.493 e. The second-order valence-electron chi connectivity index (χ2n) is 6.93. The Labute approximate surface area is 203 Å². The smallest absolute Gasteiger partial charge is 0.266 e. The molecule has 0 saturated carbocycles. The van der Waals surface area contributed by atoms with Gasteiger partial charge in [0.1, 0.15) is 18.2 Å². The molecule has 0 unspecified atom stereocenters. The maximum Gasteiger partial charge on any atom is 0.266 e. The van der Waals surface area contributed by atoms with Crippen molar-refractivity contribution in [2.75, 3.05) is 12.4 Å². The summed E-state index contributed by atoms with van der Waals surface area (Å²) in [7, 11) is 1.54. The van der Waals surface area contributed by atoms with E-state index in [1.807, 2.05) is 49.4 Å². The lowest BCUT2D eigenvalue weighted by molar-refractivity contribution is -0.112. The summed E-state index contributed by atoms with van der Waals surface area (Å²) in [6.07, 6.45) is 1.52. The van der Waals surface area contributed by atoms with Crippen molar-refractivity contribution in [1.29, 1.82) is 5.26 Å². The van der Waals surface area contributed by atoms with Gasteiger partial charge < -0.3 is 14.8 Å². The first-order valence-electron chi connectivity index (χ1n) is 9.64. The minimum Gasteiger partial charge on any atom is -0.493 e. The van der Waals surface area contributed by atoms with E-state index in [4.69, 9.17) is 9.47 Å². The van der Waals surface area contributed by atoms with E-state index in [1.54, 1.807) is 31.4 Å². The van der Waals surface area contributed by atoms with E-state index in [9.17, 15) is 10.1 Å². The summed E-state index contributed by atoms with van der Waals surface area (Å²) in [6.45, 7) is 2.28. The second-order valence-corrected chi connectivity index (χ2v) is 8.70. The molecule has 5 nitrogen and oxygen atoms in total. The van der Waals surface area contributed by atoms with E-state index in [0.29, 0.717) is 29.4 Å². The Bertz CT molecular complexity index is 1220. The molecule has 0 saturated heterocycles. The average Bonchev–Trinajstić information content (AvgIpc) is 2.77. The SMILES string of the molecule is COc1cc(/C=C(/C#N)C(=O)Nc2cccc(C)c2)ccc1OCc1ccc(Br)cc1Br. The predicted molar refractivity (Wildman–Crippen MR) is 133 cm³/mol. The number of halogens is 2. The van der Waals surface area contributed by atoms with Gasteiger partial charge in [0, 0.05) is 20.2 Å². The number of carbonyl (C=O) groups excluding carboxylic acids is 1. The quantitative estimate of drug-likeness (QED) is 0.261. The highest BCUT2D eigenvalue weighted by Gasteiger charge is 2.12. The lowest BCUT2D eigenvalue weighted by Gasteiger charge is -2.12. The minimum atomic E-state index is -0.475. The van der Waals surface area contributed by atoms with Crippen LogP contribution in [0.15, 0.2) is 75.2 Å². The minimum absolute atomic E-state index is 0.0129. The average molecular weight is 556 g/mol. The van der Waals surface area contributed by atoms with Gasteiger partial charge in [-0.05, 0) is 60.5 Å². The Hall–Kier alpha value is -3.08. The van der Waals surface area contributed by atoms with Crippen molar-refractivity contribution >= 4 is 49.5 Å². The first kappa shape index (κ1) is 23.6. The van der Waals surface area contributed by atoms with Gasteiger partial charge in [-0.25, -0.2) is 0 Å². The van der Waals surface area contributed by atoms with Gasteiger partial charge in [0.25, 0.3) is 5.91 Å². The van der Waals surface area contributed by atoms with Crippen LogP contribution < -0.4 is 14.8 Å². The zero-order valence-corrected chi connectivity index (χ0v) is 20.7. The maximum absolute atomic E-state index is 12.5. The zero-order valence-electron chi connectivity index (χ0n) is 17.5. The third kappa shape index (κ3) is 6.22. The van der Waals surface area contributed by atoms with E-state index >= 15 is 0 Å². The summed E-state index contributed by atoms with van der Waals surface area (Å²) in [6, 6.07) is 20.5. The molecule has 3 aromatic carbocycles. The van der Waals surface area contributed by atoms with Crippen LogP contribution in [0.4, 0.5) is 5.69 Å². The predicted octanol–water partition coefficient (Wildman–Crippen LogP) is 6.65. The van der Waals surface area contributed by atoms with Crippen molar-refractivity contribution in [1.82, 2.24) is 0 Å². The fourth-order valence-electron chi connectivity index (χ4n) is 2.92. The molecule has 0 atom stereocenters. The molecule has 0 spiro atoms. The Balaban J connectivity index is 1.76. The van der Waals surface area contributed by atoms with Crippen LogP contribution >= 0.6 is 31.9 Å². The summed E-state index contributed by atoms with van der Waals surface area (Å²) in [4.78, 5) is 12.5. The molecule has 1 amide bonds. The number of aryl methyl sites for hydroxylation is 1. The van der Waals surface area contributed by atoms with E-state index < -0.39 is 5.91 Å². The molecule has 32 heavy (non-hydrogen) atoms. The van der Waals surface area contributed by atoms with Crippen molar-refractivity contribution in [3.8, 4) is 17.6 Å². The van der Waals surface area contributed by atoms with Crippen LogP contribution in [0.5, 0.6) is 11.5 Å². The molecule has 3 rings (SSSR count). The highest BCUT2D eigenvalue weighted by Crippen LogP contribution is 2.31. The van der Waals surface area contributed by atoms with Crippen molar-refractivity contribution < 1.29 is 14.3 Å². The summed E-state index contributed by atoms with van der Waals surface area (Å²) in [5.74, 6) is 0.586. The van der Waals surface area contributed by atoms with Gasteiger partial charge in [0.2, 0.25) is 0 Å². The molecule has 0 bridgehead atoms. The first-order valence-corrected chi connectivity index (χ1v) is 11.2. The van der Waals surface area contributed by atoms with Gasteiger partial charge in [0.05, 0.1) is 7.11 Å². The van der Waals surface area contributed by atoms with E-state index in [2.05, 4.69) is 37.2 Å². The number of nitrogens with zero attached hydrogens (tertiary/aromatic N) is 1. The van der Waals surface area contributed by atoms with Gasteiger partial charge in [-0.3, -0.25) is 4.79 Å². The van der Waals surface area contributed by atoms with Gasteiger partial charge in [0.15, 0.2) is 11.5 Å². The van der Waals surface area contributed by atoms with Gasteiger partial charge >= 0.3 is 0 Å². The molecular formula is C25H20Br2N2O3. The zero-order chi connectivity index (χ0) is 23.1. The van der Waals surface area contributed by atoms with E-state index in [-0.39, 0.29) is 5.57 Å². The number of methoxy groups -OCH3 is 1. The monoisotopic (exact) mass is 554 g/mol. The lowest BCUT2D eigenvalue weighted by Crippen LogP contribution is -2.13. The topological polar surface area (TPSA) is 71.3 Å². The number of anilines is 1. The maximum atomic E-state index is 12.5. The van der Waals surface area contributed by atoms with Crippen LogP contribution in [0, 0.1) is 18.3 Å². The Morgan fingerprint density at radius 1 is 1.09 bits per heavy atom. The van der Waals surface area contributed by atoms with Crippen molar-refractivity contribution in [2.45, 2.75) is 13.5 Å². The number of nitrogens with one attached hydrogen (secondary N) is 1. The Kier molecular flexibility index (Phi) is 8.09. The van der Waals surface area contributed by atoms with Crippen LogP contribution in [0.3, 0.4) is 0 Å². The Morgan fingerprint density at radius 3 is 2.59 bits per heavy atom. The lowest BCUT2D eigenvalue weighted by atomic mass is 10.1. The molecule has 0 aliphatic rings. The summed E-state index contributed by atoms with van der Waals surface area (Å²) < 4.78 is 13.3. The molecule has 0 radical (unpaired) electrons. The number of amides is 1. The number of ether oxygens (including phenoxy) is 2. The third-order valence-corrected chi connectivity index (χ3v) is 5.77. The summed E-state index contributed by atoms with van der Waals surface area (Å²) >= 11 is 6.96. The van der Waals surface area contributed by atoms with Crippen molar-refractivity contribution in [2.24, 2.45) is 0 Å². The third-order valence-electron chi connectivity index (χ3n) is 4.54. The summed E-state index contributed by atoms with van der Waals surface area (Å²) in [5, 5.41) is 12.2. The molecule has 3 aromatic rings. The van der Waals surface area contributed by atoms with Crippen LogP contribution in [0.25, 0.3) is 6.08 Å². The normalized spacial score (nSPS) is 10.9. The van der Waals surface area contributed by atoms with Crippen LogP contribution in [-0.4, -0.2) is 13.0 Å². The number of hydrogen-bond donors (Lipinski definition) is 1. The van der Waals surface area contributed by atoms with E-state index in [1.165, 1.54) is 6.08 Å². The van der Waals surface area contributed by atoms with Gasteiger partial charge in [-0.2, -0.15) is 5.26 Å². The molecule has 1 N–H and O–H groups in total. The Morgan fingerprint density at radius 2 is 1.91 bits per heavy atom. The number of hydrogen-bond acceptors (Lipinski definition) is 4. The molecular weight excluding hydrogens is 536 g/mol. The summed E-state index contributed by atoms with van der Waals surface area (Å²) in [5.41, 5.74) is 3.27. The van der Waals surface area contributed by atoms with Crippen LogP contribution in [0.2, 0.25) is 0 Å². The molecule has 0 aliphatic carbocycles. The standard InChI is InChI=1S/C25H20Br2N2O3/c1-16-4-3-5-21(10-16)29-25(30)19(14-28)11-17-6-9-23(24(12-17)31-2)32-15-18-7-8-20(26)13-22(18)27/h3-13H,15H2,1-2H3,(H,29,30)/b19-11-. The number of carbonyl (C=O) groups is 1. The molecule has 0 heterocycles. The molecule has 7 heteroatoms. The molecule has 0 aliphatic heterocycles. The molecule has 0 fully saturated rings. The molecule has 0 aromatic heterocycles. The first-order chi connectivity index (χ1) is 15.4. The highest BCUT2D eigenvalue weighted by molar-refractivity contribution is 9.11. The van der Waals surface area contributed by atoms with Crippen LogP contribution in [0.1, 0.15) is 16.7 Å². The van der Waals surface area contributed by atoms with Crippen molar-refractivity contribution in [3.05, 3.63) is 91.9 Å². The number of rotatable bonds is 7. The van der Waals surface area contributed by atoms with Crippen LogP contribution in [-0.2, 0) is 11.4 Å². The fraction of sp³-hybridized carbons (Fsp3) is 0.120. The number of benzene rings is 3. The van der Waals surface area contributed by atoms with Gasteiger partial charge in [-0.15, -0.1) is 0 Å².